The highest BCUT2D eigenvalue weighted by molar-refractivity contribution is 14.1. The van der Waals surface area contributed by atoms with Crippen LogP contribution >= 0.6 is 34.2 Å². The second-order valence-electron chi connectivity index (χ2n) is 5.92. The minimum Gasteiger partial charge on any atom is -0.368 e. The van der Waals surface area contributed by atoms with Crippen molar-refractivity contribution in [2.45, 2.75) is 11.1 Å². The molecule has 0 bridgehead atoms. The van der Waals surface area contributed by atoms with Crippen molar-refractivity contribution >= 4 is 62.8 Å². The molecule has 0 aliphatic carbocycles. The van der Waals surface area contributed by atoms with Crippen molar-refractivity contribution in [1.82, 2.24) is 19.9 Å². The van der Waals surface area contributed by atoms with Crippen LogP contribution in [0.1, 0.15) is 5.56 Å². The number of hydrogen-bond donors (Lipinski definition) is 4. The van der Waals surface area contributed by atoms with Gasteiger partial charge < -0.3 is 11.1 Å². The molecule has 0 radical (unpaired) electrons. The molecule has 1 atom stereocenters. The summed E-state index contributed by atoms with van der Waals surface area (Å²) >= 11 is 8.37. The second-order valence-corrected chi connectivity index (χ2v) is 8.71. The van der Waals surface area contributed by atoms with Crippen molar-refractivity contribution in [2.24, 2.45) is 0 Å². The van der Waals surface area contributed by atoms with Crippen molar-refractivity contribution < 1.29 is 17.4 Å². The van der Waals surface area contributed by atoms with Crippen LogP contribution in [0.15, 0.2) is 41.3 Å². The van der Waals surface area contributed by atoms with Crippen LogP contribution in [0.5, 0.6) is 0 Å². The molecular weight excluding hydrogens is 556 g/mol. The Morgan fingerprint density at radius 3 is 2.50 bits per heavy atom. The van der Waals surface area contributed by atoms with Crippen LogP contribution in [0.3, 0.4) is 0 Å². The summed E-state index contributed by atoms with van der Waals surface area (Å²) in [6, 6.07) is 8.18. The molecule has 30 heavy (non-hydrogen) atoms. The van der Waals surface area contributed by atoms with E-state index in [1.807, 2.05) is 0 Å². The predicted molar refractivity (Wildman–Crippen MR) is 119 cm³/mol. The zero-order chi connectivity index (χ0) is 21.9. The van der Waals surface area contributed by atoms with E-state index in [-0.39, 0.29) is 33.7 Å². The number of halogens is 5. The van der Waals surface area contributed by atoms with Crippen LogP contribution in [-0.4, -0.2) is 30.4 Å². The van der Waals surface area contributed by atoms with Gasteiger partial charge in [0.15, 0.2) is 0 Å². The topological polar surface area (TPSA) is 109 Å². The minimum absolute atomic E-state index is 0.00952. The molecular formula is C17H15ClF3IN6OS. The first-order chi connectivity index (χ1) is 14.2. The van der Waals surface area contributed by atoms with Crippen LogP contribution < -0.4 is 15.8 Å². The number of benzene rings is 2. The maximum absolute atomic E-state index is 13.8. The number of rotatable bonds is 7. The largest absolute Gasteiger partial charge is 0.417 e. The van der Waals surface area contributed by atoms with E-state index in [1.165, 1.54) is 30.3 Å². The molecule has 1 aromatic heterocycles. The Hall–Kier alpha value is -1.90. The first-order valence-corrected chi connectivity index (χ1v) is 11.4. The SMILES string of the molecule is Nc1nc(Nc2cc(Cl)c(-c3ccc(S(=O)NCCI)cc3)c(C(F)(F)F)c2)n[nH]1. The van der Waals surface area contributed by atoms with Gasteiger partial charge in [-0.05, 0) is 29.8 Å². The molecule has 0 fully saturated rings. The normalized spacial score (nSPS) is 12.7. The van der Waals surface area contributed by atoms with Gasteiger partial charge in [0.1, 0.15) is 11.0 Å². The third-order valence-electron chi connectivity index (χ3n) is 3.84. The Balaban J connectivity index is 1.98. The lowest BCUT2D eigenvalue weighted by Gasteiger charge is -2.17. The molecule has 0 saturated carbocycles. The van der Waals surface area contributed by atoms with Gasteiger partial charge in [-0.1, -0.05) is 46.3 Å². The highest BCUT2D eigenvalue weighted by Crippen LogP contribution is 2.43. The average Bonchev–Trinajstić information content (AvgIpc) is 3.09. The zero-order valence-electron chi connectivity index (χ0n) is 15.1. The van der Waals surface area contributed by atoms with Gasteiger partial charge in [-0.25, -0.2) is 14.0 Å². The summed E-state index contributed by atoms with van der Waals surface area (Å²) in [7, 11) is -1.45. The fourth-order valence-electron chi connectivity index (χ4n) is 2.61. The minimum atomic E-state index is -4.67. The quantitative estimate of drug-likeness (QED) is 0.247. The first kappa shape index (κ1) is 22.8. The standard InChI is InChI=1S/C17H15ClF3IN6OS/c18-13-8-10(25-16-26-15(23)27-28-16)7-12(17(19,20)21)14(13)9-1-3-11(4-2-9)30(29)24-6-5-22/h1-4,7-8,24H,5-6H2,(H4,23,25,26,27,28). The van der Waals surface area contributed by atoms with Crippen LogP contribution in [0, 0.1) is 0 Å². The molecule has 0 amide bonds. The maximum Gasteiger partial charge on any atom is 0.417 e. The number of alkyl halides is 4. The molecule has 7 nitrogen and oxygen atoms in total. The summed E-state index contributed by atoms with van der Waals surface area (Å²) in [5.41, 5.74) is 4.61. The van der Waals surface area contributed by atoms with E-state index in [9.17, 15) is 17.4 Å². The van der Waals surface area contributed by atoms with Gasteiger partial charge in [-0.15, -0.1) is 5.10 Å². The number of H-pyrrole nitrogens is 1. The second kappa shape index (κ2) is 9.49. The van der Waals surface area contributed by atoms with E-state index in [1.54, 1.807) is 0 Å². The van der Waals surface area contributed by atoms with Crippen LogP contribution in [0.2, 0.25) is 5.02 Å². The van der Waals surface area contributed by atoms with E-state index >= 15 is 0 Å². The number of nitrogens with two attached hydrogens (primary N) is 1. The molecule has 5 N–H and O–H groups in total. The first-order valence-electron chi connectivity index (χ1n) is 8.36. The smallest absolute Gasteiger partial charge is 0.368 e. The van der Waals surface area contributed by atoms with E-state index in [2.05, 4.69) is 47.8 Å². The van der Waals surface area contributed by atoms with Gasteiger partial charge in [0.2, 0.25) is 11.9 Å². The van der Waals surface area contributed by atoms with Crippen molar-refractivity contribution in [3.05, 3.63) is 47.0 Å². The Kier molecular flexibility index (Phi) is 7.21. The van der Waals surface area contributed by atoms with Crippen LogP contribution in [0.25, 0.3) is 11.1 Å². The van der Waals surface area contributed by atoms with Gasteiger partial charge in [-0.3, -0.25) is 0 Å². The lowest BCUT2D eigenvalue weighted by atomic mass is 9.98. The molecule has 160 valence electrons. The number of aromatic amines is 1. The Bertz CT molecular complexity index is 1060. The summed E-state index contributed by atoms with van der Waals surface area (Å²) in [4.78, 5) is 4.25. The summed E-state index contributed by atoms with van der Waals surface area (Å²) in [5, 5.41) is 8.63. The molecule has 0 aliphatic heterocycles. The zero-order valence-corrected chi connectivity index (χ0v) is 18.8. The number of nitrogen functional groups attached to an aromatic ring is 1. The number of hydrogen-bond acceptors (Lipinski definition) is 5. The molecule has 1 heterocycles. The van der Waals surface area contributed by atoms with Crippen LogP contribution in [-0.2, 0) is 17.2 Å². The highest BCUT2D eigenvalue weighted by Gasteiger charge is 2.35. The van der Waals surface area contributed by atoms with E-state index in [4.69, 9.17) is 17.3 Å². The van der Waals surface area contributed by atoms with Crippen molar-refractivity contribution in [1.29, 1.82) is 0 Å². The Labute approximate surface area is 190 Å². The van der Waals surface area contributed by atoms with Crippen LogP contribution in [0.4, 0.5) is 30.8 Å². The van der Waals surface area contributed by atoms with Crippen molar-refractivity contribution in [3.8, 4) is 11.1 Å². The summed E-state index contributed by atoms with van der Waals surface area (Å²) in [6.45, 7) is 0.546. The number of aromatic nitrogens is 3. The highest BCUT2D eigenvalue weighted by atomic mass is 127. The summed E-state index contributed by atoms with van der Waals surface area (Å²) < 4.78 is 57.1. The van der Waals surface area contributed by atoms with E-state index in [0.29, 0.717) is 11.4 Å². The fourth-order valence-corrected chi connectivity index (χ4v) is 4.42. The lowest BCUT2D eigenvalue weighted by molar-refractivity contribution is -0.137. The molecule has 0 aliphatic rings. The van der Waals surface area contributed by atoms with Crippen molar-refractivity contribution in [2.75, 3.05) is 22.0 Å². The third kappa shape index (κ3) is 5.42. The van der Waals surface area contributed by atoms with E-state index < -0.39 is 22.7 Å². The maximum atomic E-state index is 13.8. The molecule has 13 heteroatoms. The van der Waals surface area contributed by atoms with E-state index in [0.717, 1.165) is 10.5 Å². The molecule has 2 aromatic carbocycles. The van der Waals surface area contributed by atoms with Gasteiger partial charge in [0.05, 0.1) is 15.5 Å². The lowest BCUT2D eigenvalue weighted by Crippen LogP contribution is -2.19. The van der Waals surface area contributed by atoms with Crippen molar-refractivity contribution in [3.63, 3.8) is 0 Å². The molecule has 0 spiro atoms. The van der Waals surface area contributed by atoms with Gasteiger partial charge in [0.25, 0.3) is 0 Å². The summed E-state index contributed by atoms with van der Waals surface area (Å²) in [5.74, 6) is 0.0250. The summed E-state index contributed by atoms with van der Waals surface area (Å²) in [6.07, 6.45) is -4.67. The fraction of sp³-hybridized carbons (Fsp3) is 0.176. The molecule has 3 rings (SSSR count). The Morgan fingerprint density at radius 2 is 1.93 bits per heavy atom. The van der Waals surface area contributed by atoms with Gasteiger partial charge in [-0.2, -0.15) is 18.2 Å². The molecule has 3 aromatic rings. The third-order valence-corrected chi connectivity index (χ3v) is 5.84. The monoisotopic (exact) mass is 570 g/mol. The number of anilines is 3. The van der Waals surface area contributed by atoms with Gasteiger partial charge >= 0.3 is 6.18 Å². The number of nitrogens with one attached hydrogen (secondary N) is 3. The number of nitrogens with zero attached hydrogens (tertiary/aromatic N) is 2. The predicted octanol–water partition coefficient (Wildman–Crippen LogP) is 4.52. The average molecular weight is 571 g/mol. The van der Waals surface area contributed by atoms with Gasteiger partial charge in [0, 0.05) is 22.2 Å². The Morgan fingerprint density at radius 1 is 1.23 bits per heavy atom. The molecule has 1 unspecified atom stereocenters. The molecule has 0 saturated heterocycles.